The van der Waals surface area contributed by atoms with Crippen molar-refractivity contribution in [2.75, 3.05) is 13.1 Å². The lowest BCUT2D eigenvalue weighted by Gasteiger charge is -2.36. The Morgan fingerprint density at radius 2 is 1.50 bits per heavy atom. The fourth-order valence-electron chi connectivity index (χ4n) is 4.14. The van der Waals surface area contributed by atoms with Gasteiger partial charge in [-0.05, 0) is 65.9 Å². The zero-order valence-corrected chi connectivity index (χ0v) is 24.7. The molecule has 0 aromatic heterocycles. The first-order valence-corrected chi connectivity index (χ1v) is 13.8. The van der Waals surface area contributed by atoms with Gasteiger partial charge in [0.15, 0.2) is 0 Å². The van der Waals surface area contributed by atoms with Gasteiger partial charge in [-0.25, -0.2) is 4.79 Å². The third-order valence-corrected chi connectivity index (χ3v) is 7.01. The van der Waals surface area contributed by atoms with Gasteiger partial charge >= 0.3 is 12.1 Å². The SMILES string of the molecule is CC[C@@](C)(NC(=O)[C@](C)(CC)NC(=O)[C@@H]1CCCN1C(=O)OCc1ccccc1)C(=O)NCC(=O)OC(C)(C)C. The number of benzene rings is 1. The largest absolute Gasteiger partial charge is 0.459 e. The molecular weight excluding hydrogens is 516 g/mol. The summed E-state index contributed by atoms with van der Waals surface area (Å²) in [6, 6.07) is 8.47. The molecule has 0 aliphatic carbocycles. The van der Waals surface area contributed by atoms with Gasteiger partial charge in [0, 0.05) is 6.54 Å². The topological polar surface area (TPSA) is 143 Å². The summed E-state index contributed by atoms with van der Waals surface area (Å²) in [6.45, 7) is 11.9. The van der Waals surface area contributed by atoms with Gasteiger partial charge in [-0.3, -0.25) is 24.1 Å². The van der Waals surface area contributed by atoms with Crippen LogP contribution in [0.4, 0.5) is 4.79 Å². The molecule has 40 heavy (non-hydrogen) atoms. The first-order chi connectivity index (χ1) is 18.6. The molecular formula is C29H44N4O7. The molecule has 1 heterocycles. The molecule has 0 spiro atoms. The van der Waals surface area contributed by atoms with Gasteiger partial charge in [0.05, 0.1) is 0 Å². The summed E-state index contributed by atoms with van der Waals surface area (Å²) >= 11 is 0. The summed E-state index contributed by atoms with van der Waals surface area (Å²) in [7, 11) is 0. The number of carbonyl (C=O) groups is 5. The van der Waals surface area contributed by atoms with Gasteiger partial charge in [0.25, 0.3) is 0 Å². The van der Waals surface area contributed by atoms with E-state index in [1.165, 1.54) is 4.90 Å². The van der Waals surface area contributed by atoms with Gasteiger partial charge in [-0.1, -0.05) is 44.2 Å². The zero-order chi connectivity index (χ0) is 30.1. The Balaban J connectivity index is 2.02. The molecule has 2 rings (SSSR count). The van der Waals surface area contributed by atoms with Crippen molar-refractivity contribution in [1.29, 1.82) is 0 Å². The highest BCUT2D eigenvalue weighted by molar-refractivity contribution is 5.98. The summed E-state index contributed by atoms with van der Waals surface area (Å²) in [5.41, 5.74) is -2.57. The summed E-state index contributed by atoms with van der Waals surface area (Å²) in [5, 5.41) is 8.08. The van der Waals surface area contributed by atoms with Crippen LogP contribution in [0.1, 0.15) is 79.7 Å². The van der Waals surface area contributed by atoms with Crippen molar-refractivity contribution < 1.29 is 33.4 Å². The summed E-state index contributed by atoms with van der Waals surface area (Å²) in [4.78, 5) is 65.8. The van der Waals surface area contributed by atoms with Crippen LogP contribution in [0.3, 0.4) is 0 Å². The number of ether oxygens (including phenoxy) is 2. The molecule has 11 heteroatoms. The summed E-state index contributed by atoms with van der Waals surface area (Å²) in [6.07, 6.45) is 0.933. The van der Waals surface area contributed by atoms with E-state index < -0.39 is 52.5 Å². The Hall–Kier alpha value is -3.63. The van der Waals surface area contributed by atoms with Crippen molar-refractivity contribution >= 4 is 29.8 Å². The Morgan fingerprint density at radius 1 is 0.900 bits per heavy atom. The highest BCUT2D eigenvalue weighted by Gasteiger charge is 2.43. The molecule has 1 aliphatic rings. The maximum atomic E-state index is 13.4. The van der Waals surface area contributed by atoms with E-state index in [9.17, 15) is 24.0 Å². The number of carbonyl (C=O) groups excluding carboxylic acids is 5. The van der Waals surface area contributed by atoms with E-state index in [0.717, 1.165) is 5.56 Å². The number of nitrogens with one attached hydrogen (secondary N) is 3. The zero-order valence-electron chi connectivity index (χ0n) is 24.7. The average molecular weight is 561 g/mol. The lowest BCUT2D eigenvalue weighted by Crippen LogP contribution is -2.66. The van der Waals surface area contributed by atoms with Gasteiger partial charge in [0.2, 0.25) is 17.7 Å². The van der Waals surface area contributed by atoms with Crippen LogP contribution >= 0.6 is 0 Å². The number of hydrogen-bond donors (Lipinski definition) is 3. The van der Waals surface area contributed by atoms with Gasteiger partial charge in [-0.2, -0.15) is 0 Å². The standard InChI is InChI=1S/C29H44N4O7/c1-8-28(6,24(36)30-18-22(34)40-27(3,4)5)32-25(37)29(7,9-2)31-23(35)21-16-13-17-33(21)26(38)39-19-20-14-11-10-12-15-20/h10-12,14-15,21H,8-9,13,16-19H2,1-7H3,(H,30,36)(H,31,35)(H,32,37)/t21-,28+,29-/m0/s1. The minimum Gasteiger partial charge on any atom is -0.459 e. The first kappa shape index (κ1) is 32.6. The molecule has 3 atom stereocenters. The van der Waals surface area contributed by atoms with Crippen LogP contribution in [-0.4, -0.2) is 70.5 Å². The minimum absolute atomic E-state index is 0.0885. The van der Waals surface area contributed by atoms with Gasteiger partial charge < -0.3 is 25.4 Å². The molecule has 0 saturated carbocycles. The highest BCUT2D eigenvalue weighted by Crippen LogP contribution is 2.22. The van der Waals surface area contributed by atoms with Crippen LogP contribution < -0.4 is 16.0 Å². The van der Waals surface area contributed by atoms with E-state index in [1.807, 2.05) is 30.3 Å². The van der Waals surface area contributed by atoms with Crippen LogP contribution in [0.25, 0.3) is 0 Å². The molecule has 1 aromatic rings. The van der Waals surface area contributed by atoms with Gasteiger partial charge in [0.1, 0.15) is 35.9 Å². The monoisotopic (exact) mass is 560 g/mol. The molecule has 1 saturated heterocycles. The molecule has 0 unspecified atom stereocenters. The van der Waals surface area contributed by atoms with E-state index in [4.69, 9.17) is 9.47 Å². The smallest absolute Gasteiger partial charge is 0.410 e. The third-order valence-electron chi connectivity index (χ3n) is 7.01. The van der Waals surface area contributed by atoms with Crippen molar-refractivity contribution in [3.8, 4) is 0 Å². The second kappa shape index (κ2) is 13.6. The maximum Gasteiger partial charge on any atom is 0.410 e. The normalized spacial score (nSPS) is 18.1. The fraction of sp³-hybridized carbons (Fsp3) is 0.621. The van der Waals surface area contributed by atoms with Crippen LogP contribution in [0.15, 0.2) is 30.3 Å². The molecule has 1 aliphatic heterocycles. The Bertz CT molecular complexity index is 1070. The number of rotatable bonds is 11. The lowest BCUT2D eigenvalue weighted by atomic mass is 9.91. The molecule has 1 aromatic carbocycles. The Morgan fingerprint density at radius 3 is 2.08 bits per heavy atom. The average Bonchev–Trinajstić information content (AvgIpc) is 3.40. The van der Waals surface area contributed by atoms with Crippen LogP contribution in [0.2, 0.25) is 0 Å². The molecule has 3 N–H and O–H groups in total. The van der Waals surface area contributed by atoms with Crippen LogP contribution in [0.5, 0.6) is 0 Å². The number of amides is 4. The predicted octanol–water partition coefficient (Wildman–Crippen LogP) is 2.82. The highest BCUT2D eigenvalue weighted by atomic mass is 16.6. The molecule has 0 bridgehead atoms. The van der Waals surface area contributed by atoms with E-state index in [-0.39, 0.29) is 26.0 Å². The predicted molar refractivity (Wildman–Crippen MR) is 149 cm³/mol. The maximum absolute atomic E-state index is 13.4. The van der Waals surface area contributed by atoms with Gasteiger partial charge in [-0.15, -0.1) is 0 Å². The number of likely N-dealkylation sites (tertiary alicyclic amines) is 1. The quantitative estimate of drug-likeness (QED) is 0.353. The van der Waals surface area contributed by atoms with E-state index in [2.05, 4.69) is 16.0 Å². The summed E-state index contributed by atoms with van der Waals surface area (Å²) < 4.78 is 10.6. The molecule has 222 valence electrons. The van der Waals surface area contributed by atoms with Crippen molar-refractivity contribution in [1.82, 2.24) is 20.9 Å². The Kier molecular flexibility index (Phi) is 11.1. The van der Waals surface area contributed by atoms with E-state index in [1.54, 1.807) is 48.5 Å². The van der Waals surface area contributed by atoms with E-state index >= 15 is 0 Å². The molecule has 0 radical (unpaired) electrons. The lowest BCUT2D eigenvalue weighted by molar-refractivity contribution is -0.155. The Labute approximate surface area is 236 Å². The van der Waals surface area contributed by atoms with Crippen molar-refractivity contribution in [2.45, 2.75) is 103 Å². The van der Waals surface area contributed by atoms with Crippen molar-refractivity contribution in [3.05, 3.63) is 35.9 Å². The number of nitrogens with zero attached hydrogens (tertiary/aromatic N) is 1. The number of hydrogen-bond acceptors (Lipinski definition) is 7. The van der Waals surface area contributed by atoms with Crippen molar-refractivity contribution in [3.63, 3.8) is 0 Å². The third kappa shape index (κ3) is 8.96. The van der Waals surface area contributed by atoms with Crippen LogP contribution in [0, 0.1) is 0 Å². The van der Waals surface area contributed by atoms with Crippen molar-refractivity contribution in [2.24, 2.45) is 0 Å². The molecule has 4 amide bonds. The first-order valence-electron chi connectivity index (χ1n) is 13.8. The molecule has 11 nitrogen and oxygen atoms in total. The second-order valence-electron chi connectivity index (χ2n) is 11.5. The molecule has 1 fully saturated rings. The fourth-order valence-corrected chi connectivity index (χ4v) is 4.14. The second-order valence-corrected chi connectivity index (χ2v) is 11.5. The number of esters is 1. The minimum atomic E-state index is -1.36. The van der Waals surface area contributed by atoms with E-state index in [0.29, 0.717) is 19.4 Å². The summed E-state index contributed by atoms with van der Waals surface area (Å²) in [5.74, 6) is -2.18. The van der Waals surface area contributed by atoms with Crippen LogP contribution in [-0.2, 0) is 35.3 Å².